The summed E-state index contributed by atoms with van der Waals surface area (Å²) in [6, 6.07) is 16.9. The van der Waals surface area contributed by atoms with Crippen LogP contribution in [-0.4, -0.2) is 0 Å². The van der Waals surface area contributed by atoms with Crippen molar-refractivity contribution in [2.24, 2.45) is 10.2 Å². The third-order valence-electron chi connectivity index (χ3n) is 1.91. The van der Waals surface area contributed by atoms with Gasteiger partial charge in [0.15, 0.2) is 0 Å². The van der Waals surface area contributed by atoms with E-state index in [0.717, 1.165) is 11.4 Å². The van der Waals surface area contributed by atoms with Crippen molar-refractivity contribution in [2.45, 2.75) is 0 Å². The SMILES string of the molecule is Nc1cccc(/N=N/c2ccccc2)c1. The molecule has 15 heavy (non-hydrogen) atoms. The van der Waals surface area contributed by atoms with Crippen molar-refractivity contribution in [3.8, 4) is 0 Å². The summed E-state index contributed by atoms with van der Waals surface area (Å²) < 4.78 is 0. The maximum absolute atomic E-state index is 5.63. The molecule has 0 fully saturated rings. The van der Waals surface area contributed by atoms with Crippen LogP contribution in [0.1, 0.15) is 0 Å². The summed E-state index contributed by atoms with van der Waals surface area (Å²) in [6.07, 6.45) is 0. The summed E-state index contributed by atoms with van der Waals surface area (Å²) in [5.41, 5.74) is 7.92. The normalized spacial score (nSPS) is 10.7. The predicted molar refractivity (Wildman–Crippen MR) is 61.5 cm³/mol. The standard InChI is InChI=1S/C12H11N3/c13-10-5-4-8-12(9-10)15-14-11-6-2-1-3-7-11/h1-9H,13H2/b15-14+. The van der Waals surface area contributed by atoms with Gasteiger partial charge in [0, 0.05) is 5.69 Å². The van der Waals surface area contributed by atoms with Gasteiger partial charge in [-0.1, -0.05) is 24.3 Å². The van der Waals surface area contributed by atoms with Gasteiger partial charge in [-0.15, -0.1) is 0 Å². The minimum atomic E-state index is 0.694. The van der Waals surface area contributed by atoms with Gasteiger partial charge in [0.2, 0.25) is 0 Å². The Hall–Kier alpha value is -2.16. The third-order valence-corrected chi connectivity index (χ3v) is 1.91. The number of azo groups is 1. The highest BCUT2D eigenvalue weighted by Gasteiger charge is 1.90. The van der Waals surface area contributed by atoms with Crippen molar-refractivity contribution in [3.63, 3.8) is 0 Å². The third kappa shape index (κ3) is 2.64. The second-order valence-corrected chi connectivity index (χ2v) is 3.13. The molecule has 3 nitrogen and oxygen atoms in total. The van der Waals surface area contributed by atoms with Gasteiger partial charge in [-0.25, -0.2) is 0 Å². The van der Waals surface area contributed by atoms with E-state index in [1.165, 1.54) is 0 Å². The van der Waals surface area contributed by atoms with Crippen LogP contribution in [0.3, 0.4) is 0 Å². The van der Waals surface area contributed by atoms with Crippen molar-refractivity contribution in [3.05, 3.63) is 54.6 Å². The maximum Gasteiger partial charge on any atom is 0.0877 e. The Bertz CT molecular complexity index is 463. The number of nitrogens with two attached hydrogens (primary N) is 1. The lowest BCUT2D eigenvalue weighted by molar-refractivity contribution is 1.23. The largest absolute Gasteiger partial charge is 0.399 e. The molecule has 0 amide bonds. The summed E-state index contributed by atoms with van der Waals surface area (Å²) in [6.45, 7) is 0. The van der Waals surface area contributed by atoms with Crippen molar-refractivity contribution in [1.29, 1.82) is 0 Å². The van der Waals surface area contributed by atoms with Gasteiger partial charge in [0.1, 0.15) is 0 Å². The van der Waals surface area contributed by atoms with E-state index in [2.05, 4.69) is 10.2 Å². The molecule has 0 atom stereocenters. The molecule has 2 aromatic carbocycles. The molecule has 0 aliphatic rings. The highest BCUT2D eigenvalue weighted by atomic mass is 15.1. The van der Waals surface area contributed by atoms with Crippen molar-refractivity contribution in [1.82, 2.24) is 0 Å². The first-order chi connectivity index (χ1) is 7.34. The second-order valence-electron chi connectivity index (χ2n) is 3.13. The molecule has 0 unspecified atom stereocenters. The topological polar surface area (TPSA) is 50.7 Å². The Kier molecular flexibility index (Phi) is 2.74. The lowest BCUT2D eigenvalue weighted by Gasteiger charge is -1.94. The lowest BCUT2D eigenvalue weighted by atomic mass is 10.3. The zero-order valence-electron chi connectivity index (χ0n) is 8.17. The molecule has 0 saturated carbocycles. The molecular formula is C12H11N3. The van der Waals surface area contributed by atoms with Gasteiger partial charge >= 0.3 is 0 Å². The molecule has 0 saturated heterocycles. The van der Waals surface area contributed by atoms with Gasteiger partial charge in [-0.05, 0) is 30.3 Å². The highest BCUT2D eigenvalue weighted by Crippen LogP contribution is 2.19. The zero-order chi connectivity index (χ0) is 10.5. The molecule has 0 heterocycles. The summed E-state index contributed by atoms with van der Waals surface area (Å²) in [5.74, 6) is 0. The second kappa shape index (κ2) is 4.37. The summed E-state index contributed by atoms with van der Waals surface area (Å²) in [5, 5.41) is 8.17. The van der Waals surface area contributed by atoms with Crippen LogP contribution in [0.2, 0.25) is 0 Å². The van der Waals surface area contributed by atoms with Crippen LogP contribution in [0.4, 0.5) is 17.1 Å². The van der Waals surface area contributed by atoms with Crippen LogP contribution < -0.4 is 5.73 Å². The van der Waals surface area contributed by atoms with Gasteiger partial charge < -0.3 is 5.73 Å². The fourth-order valence-corrected chi connectivity index (χ4v) is 1.20. The zero-order valence-corrected chi connectivity index (χ0v) is 8.17. The van der Waals surface area contributed by atoms with Gasteiger partial charge in [-0.2, -0.15) is 10.2 Å². The maximum atomic E-state index is 5.63. The number of anilines is 1. The van der Waals surface area contributed by atoms with Crippen LogP contribution in [-0.2, 0) is 0 Å². The quantitative estimate of drug-likeness (QED) is 0.579. The molecule has 0 aliphatic heterocycles. The first kappa shape index (κ1) is 9.40. The first-order valence-corrected chi connectivity index (χ1v) is 4.67. The fourth-order valence-electron chi connectivity index (χ4n) is 1.20. The van der Waals surface area contributed by atoms with E-state index in [-0.39, 0.29) is 0 Å². The summed E-state index contributed by atoms with van der Waals surface area (Å²) >= 11 is 0. The van der Waals surface area contributed by atoms with Gasteiger partial charge in [-0.3, -0.25) is 0 Å². The minimum absolute atomic E-state index is 0.694. The number of rotatable bonds is 2. The summed E-state index contributed by atoms with van der Waals surface area (Å²) in [4.78, 5) is 0. The Morgan fingerprint density at radius 2 is 1.40 bits per heavy atom. The molecular weight excluding hydrogens is 186 g/mol. The average Bonchev–Trinajstić information content (AvgIpc) is 2.28. The Balaban J connectivity index is 2.19. The molecule has 0 bridgehead atoms. The van der Waals surface area contributed by atoms with Crippen LogP contribution in [0.5, 0.6) is 0 Å². The molecule has 0 aromatic heterocycles. The van der Waals surface area contributed by atoms with Crippen LogP contribution >= 0.6 is 0 Å². The first-order valence-electron chi connectivity index (χ1n) is 4.67. The molecule has 2 aromatic rings. The fraction of sp³-hybridized carbons (Fsp3) is 0. The van der Waals surface area contributed by atoms with Crippen LogP contribution in [0, 0.1) is 0 Å². The number of nitrogens with zero attached hydrogens (tertiary/aromatic N) is 2. The van der Waals surface area contributed by atoms with Crippen molar-refractivity contribution >= 4 is 17.1 Å². The Labute approximate surface area is 88.3 Å². The van der Waals surface area contributed by atoms with E-state index >= 15 is 0 Å². The molecule has 2 N–H and O–H groups in total. The van der Waals surface area contributed by atoms with Gasteiger partial charge in [0.05, 0.1) is 11.4 Å². The highest BCUT2D eigenvalue weighted by molar-refractivity contribution is 5.50. The number of nitrogen functional groups attached to an aromatic ring is 1. The van der Waals surface area contributed by atoms with E-state index < -0.39 is 0 Å². The molecule has 74 valence electrons. The van der Waals surface area contributed by atoms with E-state index in [9.17, 15) is 0 Å². The van der Waals surface area contributed by atoms with E-state index in [1.807, 2.05) is 48.5 Å². The molecule has 0 radical (unpaired) electrons. The molecule has 2 rings (SSSR count). The smallest absolute Gasteiger partial charge is 0.0877 e. The Morgan fingerprint density at radius 3 is 2.13 bits per heavy atom. The predicted octanol–water partition coefficient (Wildman–Crippen LogP) is 3.68. The minimum Gasteiger partial charge on any atom is -0.399 e. The molecule has 3 heteroatoms. The molecule has 0 aliphatic carbocycles. The van der Waals surface area contributed by atoms with Crippen LogP contribution in [0.15, 0.2) is 64.8 Å². The molecule has 0 spiro atoms. The number of hydrogen-bond acceptors (Lipinski definition) is 3. The van der Waals surface area contributed by atoms with Crippen molar-refractivity contribution in [2.75, 3.05) is 5.73 Å². The monoisotopic (exact) mass is 197 g/mol. The van der Waals surface area contributed by atoms with Crippen LogP contribution in [0.25, 0.3) is 0 Å². The summed E-state index contributed by atoms with van der Waals surface area (Å²) in [7, 11) is 0. The van der Waals surface area contributed by atoms with Crippen molar-refractivity contribution < 1.29 is 0 Å². The Morgan fingerprint density at radius 1 is 0.733 bits per heavy atom. The lowest BCUT2D eigenvalue weighted by Crippen LogP contribution is -1.80. The van der Waals surface area contributed by atoms with E-state index in [4.69, 9.17) is 5.73 Å². The number of hydrogen-bond donors (Lipinski definition) is 1. The average molecular weight is 197 g/mol. The van der Waals surface area contributed by atoms with E-state index in [0.29, 0.717) is 5.69 Å². The van der Waals surface area contributed by atoms with Gasteiger partial charge in [0.25, 0.3) is 0 Å². The number of benzene rings is 2. The van der Waals surface area contributed by atoms with E-state index in [1.54, 1.807) is 6.07 Å².